The summed E-state index contributed by atoms with van der Waals surface area (Å²) in [7, 11) is 1.96. The minimum atomic E-state index is 0.437. The quantitative estimate of drug-likeness (QED) is 0.639. The maximum Gasteiger partial charge on any atom is 0.230 e. The molecule has 0 bridgehead atoms. The van der Waals surface area contributed by atoms with Crippen LogP contribution in [-0.4, -0.2) is 28.7 Å². The second-order valence-corrected chi connectivity index (χ2v) is 7.93. The maximum atomic E-state index is 6.37. The van der Waals surface area contributed by atoms with Gasteiger partial charge in [0.05, 0.1) is 17.9 Å². The fourth-order valence-corrected chi connectivity index (χ4v) is 4.46. The lowest BCUT2D eigenvalue weighted by molar-refractivity contribution is 0.290. The highest BCUT2D eigenvalue weighted by atomic mass is 35.5. The molecule has 0 unspecified atom stereocenters. The third-order valence-corrected chi connectivity index (χ3v) is 5.83. The molecule has 27 heavy (non-hydrogen) atoms. The van der Waals surface area contributed by atoms with Crippen molar-refractivity contribution in [1.29, 1.82) is 0 Å². The van der Waals surface area contributed by atoms with Crippen molar-refractivity contribution < 1.29 is 0 Å². The molecule has 3 aromatic rings. The van der Waals surface area contributed by atoms with Crippen LogP contribution in [0.5, 0.6) is 0 Å². The van der Waals surface area contributed by atoms with Gasteiger partial charge >= 0.3 is 0 Å². The first-order chi connectivity index (χ1) is 13.1. The van der Waals surface area contributed by atoms with Gasteiger partial charge in [0.1, 0.15) is 5.69 Å². The van der Waals surface area contributed by atoms with E-state index in [1.807, 2.05) is 24.2 Å². The van der Waals surface area contributed by atoms with E-state index in [-0.39, 0.29) is 0 Å². The Morgan fingerprint density at radius 1 is 1.22 bits per heavy atom. The van der Waals surface area contributed by atoms with Crippen molar-refractivity contribution >= 4 is 45.6 Å². The lowest BCUT2D eigenvalue weighted by Gasteiger charge is -2.34. The van der Waals surface area contributed by atoms with Gasteiger partial charge in [-0.3, -0.25) is 4.98 Å². The number of hydrogen-bond donors (Lipinski definition) is 2. The number of aromatic nitrogens is 3. The summed E-state index contributed by atoms with van der Waals surface area (Å²) in [5.74, 6) is 2.66. The Hall–Kier alpha value is -2.60. The van der Waals surface area contributed by atoms with Crippen molar-refractivity contribution in [1.82, 2.24) is 15.0 Å². The summed E-state index contributed by atoms with van der Waals surface area (Å²) in [6.07, 6.45) is 4.33. The van der Waals surface area contributed by atoms with E-state index in [0.717, 1.165) is 28.6 Å². The Morgan fingerprint density at radius 2 is 2.07 bits per heavy atom. The van der Waals surface area contributed by atoms with Gasteiger partial charge in [0, 0.05) is 18.6 Å². The zero-order valence-electron chi connectivity index (χ0n) is 15.3. The van der Waals surface area contributed by atoms with Crippen molar-refractivity contribution in [2.24, 2.45) is 5.92 Å². The Balaban J connectivity index is 1.53. The molecule has 1 saturated carbocycles. The highest BCUT2D eigenvalue weighted by Gasteiger charge is 2.28. The van der Waals surface area contributed by atoms with Crippen molar-refractivity contribution in [3.05, 3.63) is 41.2 Å². The maximum absolute atomic E-state index is 6.37. The van der Waals surface area contributed by atoms with Crippen LogP contribution in [0.2, 0.25) is 5.15 Å². The largest absolute Gasteiger partial charge is 0.352 e. The Kier molecular flexibility index (Phi) is 3.82. The van der Waals surface area contributed by atoms with E-state index in [0.29, 0.717) is 23.7 Å². The lowest BCUT2D eigenvalue weighted by Crippen LogP contribution is -2.19. The molecule has 2 aromatic heterocycles. The van der Waals surface area contributed by atoms with Crippen molar-refractivity contribution in [3.8, 4) is 0 Å². The molecule has 3 heterocycles. The minimum Gasteiger partial charge on any atom is -0.352 e. The van der Waals surface area contributed by atoms with Gasteiger partial charge < -0.3 is 15.5 Å². The topological polar surface area (TPSA) is 66.0 Å². The van der Waals surface area contributed by atoms with Crippen LogP contribution in [0.3, 0.4) is 0 Å². The molecule has 0 saturated heterocycles. The third kappa shape index (κ3) is 2.75. The van der Waals surface area contributed by atoms with Crippen LogP contribution in [0.15, 0.2) is 30.5 Å². The third-order valence-electron chi connectivity index (χ3n) is 5.57. The predicted octanol–water partition coefficient (Wildman–Crippen LogP) is 4.75. The molecule has 5 rings (SSSR count). The molecule has 6 nitrogen and oxygen atoms in total. The molecule has 2 aliphatic rings. The molecule has 1 aromatic carbocycles. The number of nitrogens with one attached hydrogen (secondary N) is 2. The molecule has 0 radical (unpaired) electrons. The predicted molar refractivity (Wildman–Crippen MR) is 110 cm³/mol. The van der Waals surface area contributed by atoms with Gasteiger partial charge in [-0.15, -0.1) is 0 Å². The fourth-order valence-electron chi connectivity index (χ4n) is 4.15. The molecule has 1 aliphatic heterocycles. The molecule has 1 aliphatic carbocycles. The van der Waals surface area contributed by atoms with E-state index < -0.39 is 0 Å². The standard InChI is InChI=1S/C20H21ClN6/c1-11-8-12(9-11)13-5-6-15(16-14(13)4-3-7-22-16)24-20-25-18(21)17-19(26-20)23-10-27(17)2/h3-7,11-12H,8-10H2,1-2H3,(H2,23,24,25,26). The van der Waals surface area contributed by atoms with Gasteiger partial charge in [-0.2, -0.15) is 9.97 Å². The van der Waals surface area contributed by atoms with E-state index in [1.165, 1.54) is 23.8 Å². The SMILES string of the molecule is CC1CC(c2ccc(Nc3nc(Cl)c4c(n3)NCN4C)c3ncccc23)C1. The first-order valence-electron chi connectivity index (χ1n) is 9.27. The van der Waals surface area contributed by atoms with Crippen molar-refractivity contribution in [2.75, 3.05) is 29.2 Å². The average Bonchev–Trinajstić information content (AvgIpc) is 3.01. The van der Waals surface area contributed by atoms with Crippen LogP contribution in [0.1, 0.15) is 31.2 Å². The zero-order valence-corrected chi connectivity index (χ0v) is 16.1. The summed E-state index contributed by atoms with van der Waals surface area (Å²) in [4.78, 5) is 15.6. The molecular weight excluding hydrogens is 360 g/mol. The second kappa shape index (κ2) is 6.23. The number of benzene rings is 1. The van der Waals surface area contributed by atoms with Crippen molar-refractivity contribution in [2.45, 2.75) is 25.7 Å². The number of anilines is 4. The highest BCUT2D eigenvalue weighted by Crippen LogP contribution is 2.44. The van der Waals surface area contributed by atoms with E-state index in [1.54, 1.807) is 0 Å². The average molecular weight is 381 g/mol. The van der Waals surface area contributed by atoms with E-state index in [4.69, 9.17) is 11.6 Å². The zero-order chi connectivity index (χ0) is 18.5. The Morgan fingerprint density at radius 3 is 2.89 bits per heavy atom. The number of halogens is 1. The summed E-state index contributed by atoms with van der Waals surface area (Å²) in [5.41, 5.74) is 4.06. The summed E-state index contributed by atoms with van der Waals surface area (Å²) in [6, 6.07) is 8.45. The molecule has 0 spiro atoms. The normalized spacial score (nSPS) is 20.9. The molecule has 0 atom stereocenters. The summed E-state index contributed by atoms with van der Waals surface area (Å²) in [5, 5.41) is 8.18. The van der Waals surface area contributed by atoms with Crippen LogP contribution in [0, 0.1) is 5.92 Å². The van der Waals surface area contributed by atoms with Gasteiger partial charge in [-0.05, 0) is 42.4 Å². The minimum absolute atomic E-state index is 0.437. The Labute approximate surface area is 163 Å². The monoisotopic (exact) mass is 380 g/mol. The second-order valence-electron chi connectivity index (χ2n) is 7.57. The van der Waals surface area contributed by atoms with Gasteiger partial charge in [0.15, 0.2) is 11.0 Å². The number of pyridine rings is 1. The van der Waals surface area contributed by atoms with Crippen LogP contribution in [-0.2, 0) is 0 Å². The van der Waals surface area contributed by atoms with Gasteiger partial charge in [-0.25, -0.2) is 0 Å². The first-order valence-corrected chi connectivity index (χ1v) is 9.65. The number of rotatable bonds is 3. The number of fused-ring (bicyclic) bond motifs is 2. The molecule has 0 amide bonds. The van der Waals surface area contributed by atoms with E-state index in [9.17, 15) is 0 Å². The number of hydrogen-bond acceptors (Lipinski definition) is 6. The molecule has 7 heteroatoms. The van der Waals surface area contributed by atoms with Crippen LogP contribution in [0.25, 0.3) is 10.9 Å². The molecule has 138 valence electrons. The molecule has 1 fully saturated rings. The summed E-state index contributed by atoms with van der Waals surface area (Å²) < 4.78 is 0. The van der Waals surface area contributed by atoms with E-state index in [2.05, 4.69) is 50.7 Å². The molecular formula is C20H21ClN6. The van der Waals surface area contributed by atoms with Gasteiger partial charge in [-0.1, -0.05) is 30.7 Å². The Bertz CT molecular complexity index is 1030. The smallest absolute Gasteiger partial charge is 0.230 e. The molecule has 2 N–H and O–H groups in total. The van der Waals surface area contributed by atoms with Crippen LogP contribution in [0.4, 0.5) is 23.1 Å². The first kappa shape index (κ1) is 16.6. The van der Waals surface area contributed by atoms with Gasteiger partial charge in [0.2, 0.25) is 5.95 Å². The van der Waals surface area contributed by atoms with Crippen molar-refractivity contribution in [3.63, 3.8) is 0 Å². The summed E-state index contributed by atoms with van der Waals surface area (Å²) in [6.45, 7) is 2.99. The lowest BCUT2D eigenvalue weighted by atomic mass is 9.71. The van der Waals surface area contributed by atoms with Gasteiger partial charge in [0.25, 0.3) is 0 Å². The van der Waals surface area contributed by atoms with E-state index >= 15 is 0 Å². The highest BCUT2D eigenvalue weighted by molar-refractivity contribution is 6.33. The summed E-state index contributed by atoms with van der Waals surface area (Å²) >= 11 is 6.37. The number of nitrogens with zero attached hydrogens (tertiary/aromatic N) is 4. The fraction of sp³-hybridized carbons (Fsp3) is 0.350. The van der Waals surface area contributed by atoms with Crippen LogP contribution >= 0.6 is 11.6 Å². The van der Waals surface area contributed by atoms with Crippen LogP contribution < -0.4 is 15.5 Å².